The zero-order chi connectivity index (χ0) is 18.8. The first-order chi connectivity index (χ1) is 12.3. The molecule has 0 radical (unpaired) electrons. The maximum absolute atomic E-state index is 13.7. The Balaban J connectivity index is 1.69. The van der Waals surface area contributed by atoms with E-state index in [2.05, 4.69) is 5.32 Å². The van der Waals surface area contributed by atoms with Crippen molar-refractivity contribution in [1.82, 2.24) is 0 Å². The lowest BCUT2D eigenvalue weighted by atomic mass is 10.2. The molecule has 0 bridgehead atoms. The minimum atomic E-state index is -1.13. The van der Waals surface area contributed by atoms with Gasteiger partial charge in [-0.3, -0.25) is 4.79 Å². The summed E-state index contributed by atoms with van der Waals surface area (Å²) in [7, 11) is 0. The fourth-order valence-corrected chi connectivity index (χ4v) is 3.40. The van der Waals surface area contributed by atoms with Crippen LogP contribution in [0.3, 0.4) is 0 Å². The van der Waals surface area contributed by atoms with Crippen molar-refractivity contribution in [2.75, 3.05) is 5.32 Å². The van der Waals surface area contributed by atoms with Crippen molar-refractivity contribution in [1.29, 1.82) is 0 Å². The maximum Gasteiger partial charge on any atom is 0.349 e. The molecule has 0 spiro atoms. The summed E-state index contributed by atoms with van der Waals surface area (Å²) in [6, 6.07) is 9.42. The van der Waals surface area contributed by atoms with Crippen LogP contribution in [0.15, 0.2) is 42.5 Å². The third kappa shape index (κ3) is 3.84. The molecular formula is C18H12ClF2NO3S. The Hall–Kier alpha value is -2.51. The monoisotopic (exact) mass is 395 g/mol. The average Bonchev–Trinajstić information content (AvgIpc) is 3.03. The van der Waals surface area contributed by atoms with Crippen LogP contribution in [0, 0.1) is 11.6 Å². The molecule has 0 saturated carbocycles. The normalized spacial score (nSPS) is 12.0. The molecule has 26 heavy (non-hydrogen) atoms. The Morgan fingerprint density at radius 2 is 1.96 bits per heavy atom. The molecule has 3 rings (SSSR count). The standard InChI is InChI=1S/C18H12ClF2NO3S/c1-9(17(23)22-14-6-5-10(20)7-12(14)19)25-18(24)16-8-11-13(21)3-2-4-15(11)26-16/h2-9H,1H3,(H,22,23)/t9-/m0/s1. The molecule has 1 heterocycles. The van der Waals surface area contributed by atoms with E-state index in [4.69, 9.17) is 16.3 Å². The number of benzene rings is 2. The molecule has 4 nitrogen and oxygen atoms in total. The Kier molecular flexibility index (Phi) is 5.20. The number of rotatable bonds is 4. The summed E-state index contributed by atoms with van der Waals surface area (Å²) in [6.45, 7) is 1.39. The number of ether oxygens (including phenoxy) is 1. The molecule has 2 aromatic carbocycles. The molecule has 3 aromatic rings. The number of anilines is 1. The summed E-state index contributed by atoms with van der Waals surface area (Å²) in [5.41, 5.74) is 0.199. The molecule has 1 amide bonds. The zero-order valence-corrected chi connectivity index (χ0v) is 15.0. The van der Waals surface area contributed by atoms with Crippen molar-refractivity contribution in [2.45, 2.75) is 13.0 Å². The van der Waals surface area contributed by atoms with Crippen LogP contribution in [0.2, 0.25) is 5.02 Å². The highest BCUT2D eigenvalue weighted by Gasteiger charge is 2.21. The fourth-order valence-electron chi connectivity index (χ4n) is 2.22. The van der Waals surface area contributed by atoms with Gasteiger partial charge in [-0.25, -0.2) is 13.6 Å². The van der Waals surface area contributed by atoms with Crippen LogP contribution in [0.1, 0.15) is 16.6 Å². The van der Waals surface area contributed by atoms with Gasteiger partial charge in [-0.05, 0) is 43.3 Å². The highest BCUT2D eigenvalue weighted by molar-refractivity contribution is 7.20. The summed E-state index contributed by atoms with van der Waals surface area (Å²) in [5, 5.41) is 2.80. The lowest BCUT2D eigenvalue weighted by molar-refractivity contribution is -0.123. The van der Waals surface area contributed by atoms with Crippen LogP contribution < -0.4 is 5.32 Å². The number of hydrogen-bond donors (Lipinski definition) is 1. The third-order valence-corrected chi connectivity index (χ3v) is 4.94. The van der Waals surface area contributed by atoms with E-state index in [1.54, 1.807) is 12.1 Å². The smallest absolute Gasteiger partial charge is 0.349 e. The number of hydrogen-bond acceptors (Lipinski definition) is 4. The molecule has 8 heteroatoms. The maximum atomic E-state index is 13.7. The van der Waals surface area contributed by atoms with E-state index < -0.39 is 29.6 Å². The molecule has 1 atom stereocenters. The molecular weight excluding hydrogens is 384 g/mol. The van der Waals surface area contributed by atoms with Gasteiger partial charge in [0.25, 0.3) is 5.91 Å². The molecule has 1 aromatic heterocycles. The van der Waals surface area contributed by atoms with Gasteiger partial charge in [0, 0.05) is 10.1 Å². The number of thiophene rings is 1. The Labute approximate surface area is 156 Å². The third-order valence-electron chi connectivity index (χ3n) is 3.55. The Bertz CT molecular complexity index is 1010. The molecule has 1 N–H and O–H groups in total. The summed E-state index contributed by atoms with van der Waals surface area (Å²) in [6.07, 6.45) is -1.13. The van der Waals surface area contributed by atoms with Gasteiger partial charge in [0.1, 0.15) is 16.5 Å². The largest absolute Gasteiger partial charge is 0.448 e. The van der Waals surface area contributed by atoms with Crippen LogP contribution in [0.5, 0.6) is 0 Å². The Morgan fingerprint density at radius 3 is 2.65 bits per heavy atom. The van der Waals surface area contributed by atoms with Gasteiger partial charge in [0.05, 0.1) is 10.7 Å². The van der Waals surface area contributed by atoms with E-state index in [1.165, 1.54) is 25.1 Å². The van der Waals surface area contributed by atoms with Gasteiger partial charge in [-0.1, -0.05) is 17.7 Å². The number of nitrogens with one attached hydrogen (secondary N) is 1. The average molecular weight is 396 g/mol. The molecule has 0 aliphatic heterocycles. The van der Waals surface area contributed by atoms with Crippen molar-refractivity contribution in [3.63, 3.8) is 0 Å². The van der Waals surface area contributed by atoms with Gasteiger partial charge < -0.3 is 10.1 Å². The molecule has 0 aliphatic rings. The fraction of sp³-hybridized carbons (Fsp3) is 0.111. The van der Waals surface area contributed by atoms with E-state index >= 15 is 0 Å². The van der Waals surface area contributed by atoms with E-state index in [0.717, 1.165) is 23.5 Å². The number of carbonyl (C=O) groups is 2. The minimum Gasteiger partial charge on any atom is -0.448 e. The summed E-state index contributed by atoms with van der Waals surface area (Å²) >= 11 is 6.92. The summed E-state index contributed by atoms with van der Waals surface area (Å²) in [4.78, 5) is 24.5. The second-order valence-electron chi connectivity index (χ2n) is 5.42. The molecule has 134 valence electrons. The van der Waals surface area contributed by atoms with Crippen molar-refractivity contribution in [3.05, 3.63) is 64.0 Å². The molecule has 0 saturated heterocycles. The van der Waals surface area contributed by atoms with E-state index in [-0.39, 0.29) is 15.6 Å². The first kappa shape index (κ1) is 18.3. The van der Waals surface area contributed by atoms with E-state index in [9.17, 15) is 18.4 Å². The SMILES string of the molecule is C[C@H](OC(=O)c1cc2c(F)cccc2s1)C(=O)Nc1ccc(F)cc1Cl. The first-order valence-corrected chi connectivity index (χ1v) is 8.69. The zero-order valence-electron chi connectivity index (χ0n) is 13.4. The van der Waals surface area contributed by atoms with Crippen molar-refractivity contribution >= 4 is 50.6 Å². The predicted molar refractivity (Wildman–Crippen MR) is 96.7 cm³/mol. The van der Waals surface area contributed by atoms with Crippen LogP contribution in [0.4, 0.5) is 14.5 Å². The lowest BCUT2D eigenvalue weighted by Crippen LogP contribution is -2.29. The van der Waals surface area contributed by atoms with E-state index in [1.807, 2.05) is 0 Å². The minimum absolute atomic E-state index is 0.0249. The first-order valence-electron chi connectivity index (χ1n) is 7.50. The van der Waals surface area contributed by atoms with Crippen LogP contribution in [0.25, 0.3) is 10.1 Å². The van der Waals surface area contributed by atoms with Crippen molar-refractivity contribution < 1.29 is 23.1 Å². The van der Waals surface area contributed by atoms with Crippen LogP contribution >= 0.6 is 22.9 Å². The summed E-state index contributed by atoms with van der Waals surface area (Å²) in [5.74, 6) is -2.34. The van der Waals surface area contributed by atoms with Gasteiger partial charge in [0.15, 0.2) is 6.10 Å². The van der Waals surface area contributed by atoms with Gasteiger partial charge in [-0.2, -0.15) is 0 Å². The second-order valence-corrected chi connectivity index (χ2v) is 6.91. The number of fused-ring (bicyclic) bond motifs is 1. The van der Waals surface area contributed by atoms with Crippen LogP contribution in [-0.4, -0.2) is 18.0 Å². The second kappa shape index (κ2) is 7.39. The topological polar surface area (TPSA) is 55.4 Å². The Morgan fingerprint density at radius 1 is 1.19 bits per heavy atom. The molecule has 0 aliphatic carbocycles. The van der Waals surface area contributed by atoms with Crippen molar-refractivity contribution in [3.8, 4) is 0 Å². The number of carbonyl (C=O) groups excluding carboxylic acids is 2. The quantitative estimate of drug-likeness (QED) is 0.631. The number of halogens is 3. The van der Waals surface area contributed by atoms with Gasteiger partial charge >= 0.3 is 5.97 Å². The predicted octanol–water partition coefficient (Wildman–Crippen LogP) is 5.02. The van der Waals surface area contributed by atoms with Gasteiger partial charge in [-0.15, -0.1) is 11.3 Å². The molecule has 0 unspecified atom stereocenters. The lowest BCUT2D eigenvalue weighted by Gasteiger charge is -2.13. The van der Waals surface area contributed by atoms with Gasteiger partial charge in [0.2, 0.25) is 0 Å². The summed E-state index contributed by atoms with van der Waals surface area (Å²) < 4.78 is 32.5. The number of amides is 1. The van der Waals surface area contributed by atoms with Crippen molar-refractivity contribution in [2.24, 2.45) is 0 Å². The number of esters is 1. The van der Waals surface area contributed by atoms with Crippen LogP contribution in [-0.2, 0) is 9.53 Å². The highest BCUT2D eigenvalue weighted by atomic mass is 35.5. The van der Waals surface area contributed by atoms with E-state index in [0.29, 0.717) is 10.1 Å². The highest BCUT2D eigenvalue weighted by Crippen LogP contribution is 2.28. The molecule has 0 fully saturated rings.